The zero-order valence-electron chi connectivity index (χ0n) is 11.3. The number of hydrogen-bond donors (Lipinski definition) is 1. The van der Waals surface area contributed by atoms with E-state index in [9.17, 15) is 9.59 Å². The lowest BCUT2D eigenvalue weighted by atomic mass is 10.2. The molecule has 19 heavy (non-hydrogen) atoms. The van der Waals surface area contributed by atoms with Crippen LogP contribution in [0.4, 0.5) is 0 Å². The number of thiazole rings is 1. The number of carbonyl (C=O) groups is 2. The molecule has 1 saturated carbocycles. The van der Waals surface area contributed by atoms with Gasteiger partial charge in [0.1, 0.15) is 10.9 Å². The fourth-order valence-corrected chi connectivity index (χ4v) is 2.77. The summed E-state index contributed by atoms with van der Waals surface area (Å²) in [6, 6.07) is -0.715. The number of amides is 1. The molecule has 0 spiro atoms. The molecule has 1 heterocycles. The van der Waals surface area contributed by atoms with Crippen LogP contribution in [-0.2, 0) is 4.79 Å². The fourth-order valence-electron chi connectivity index (χ4n) is 1.91. The molecule has 104 valence electrons. The van der Waals surface area contributed by atoms with Crippen LogP contribution in [0, 0.1) is 0 Å². The van der Waals surface area contributed by atoms with Crippen LogP contribution in [0.5, 0.6) is 0 Å². The molecule has 1 aromatic heterocycles. The highest BCUT2D eigenvalue weighted by Gasteiger charge is 2.39. The molecule has 0 saturated heterocycles. The van der Waals surface area contributed by atoms with Gasteiger partial charge in [-0.1, -0.05) is 13.8 Å². The highest BCUT2D eigenvalue weighted by molar-refractivity contribution is 7.13. The molecule has 0 aliphatic heterocycles. The van der Waals surface area contributed by atoms with Crippen LogP contribution in [0.1, 0.15) is 54.2 Å². The summed E-state index contributed by atoms with van der Waals surface area (Å²) >= 11 is 1.36. The molecule has 0 bridgehead atoms. The van der Waals surface area contributed by atoms with Gasteiger partial charge in [0.25, 0.3) is 5.91 Å². The minimum Gasteiger partial charge on any atom is -0.480 e. The molecule has 0 radical (unpaired) electrons. The van der Waals surface area contributed by atoms with Crippen molar-refractivity contribution in [3.63, 3.8) is 0 Å². The number of carbonyl (C=O) groups excluding carboxylic acids is 1. The molecule has 1 amide bonds. The van der Waals surface area contributed by atoms with Crippen LogP contribution in [-0.4, -0.2) is 39.0 Å². The number of rotatable bonds is 5. The van der Waals surface area contributed by atoms with Gasteiger partial charge in [0, 0.05) is 12.0 Å². The third kappa shape index (κ3) is 2.94. The molecule has 1 N–H and O–H groups in total. The van der Waals surface area contributed by atoms with Crippen LogP contribution in [0.3, 0.4) is 0 Å². The van der Waals surface area contributed by atoms with E-state index in [2.05, 4.69) is 4.98 Å². The maximum atomic E-state index is 12.4. The van der Waals surface area contributed by atoms with Crippen LogP contribution in [0.25, 0.3) is 0 Å². The average molecular weight is 282 g/mol. The lowest BCUT2D eigenvalue weighted by Crippen LogP contribution is -2.44. The van der Waals surface area contributed by atoms with Gasteiger partial charge in [-0.05, 0) is 19.8 Å². The number of carboxylic acid groups (broad SMARTS) is 1. The van der Waals surface area contributed by atoms with Crippen molar-refractivity contribution in [2.75, 3.05) is 0 Å². The smallest absolute Gasteiger partial charge is 0.326 e. The molecule has 2 rings (SSSR count). The van der Waals surface area contributed by atoms with E-state index in [1.807, 2.05) is 13.8 Å². The third-order valence-electron chi connectivity index (χ3n) is 3.18. The Bertz CT molecular complexity index is 494. The Balaban J connectivity index is 2.21. The van der Waals surface area contributed by atoms with Crippen molar-refractivity contribution in [2.45, 2.75) is 51.6 Å². The monoisotopic (exact) mass is 282 g/mol. The third-order valence-corrected chi connectivity index (χ3v) is 4.46. The number of aromatic nitrogens is 1. The standard InChI is InChI=1S/C13H18N2O3S/c1-7(2)11-14-6-10(19-11)12(16)15(9-4-5-9)8(3)13(17)18/h6-9H,4-5H2,1-3H3,(H,17,18). The second kappa shape index (κ2) is 5.28. The second-order valence-electron chi connectivity index (χ2n) is 5.18. The zero-order valence-corrected chi connectivity index (χ0v) is 12.1. The quantitative estimate of drug-likeness (QED) is 0.900. The largest absolute Gasteiger partial charge is 0.480 e. The summed E-state index contributed by atoms with van der Waals surface area (Å²) in [5.41, 5.74) is 0. The van der Waals surface area contributed by atoms with E-state index in [1.54, 1.807) is 13.1 Å². The van der Waals surface area contributed by atoms with Crippen LogP contribution in [0.2, 0.25) is 0 Å². The van der Waals surface area contributed by atoms with Gasteiger partial charge in [-0.3, -0.25) is 4.79 Å². The summed E-state index contributed by atoms with van der Waals surface area (Å²) in [6.45, 7) is 5.60. The molecule has 1 aliphatic carbocycles. The summed E-state index contributed by atoms with van der Waals surface area (Å²) in [5.74, 6) is -0.895. The Morgan fingerprint density at radius 3 is 2.47 bits per heavy atom. The predicted octanol–water partition coefficient (Wildman–Crippen LogP) is 2.34. The number of nitrogens with zero attached hydrogens (tertiary/aromatic N) is 2. The van der Waals surface area contributed by atoms with Crippen molar-refractivity contribution in [1.29, 1.82) is 0 Å². The lowest BCUT2D eigenvalue weighted by Gasteiger charge is -2.25. The van der Waals surface area contributed by atoms with Gasteiger partial charge in [0.15, 0.2) is 0 Å². The number of aliphatic carboxylic acids is 1. The van der Waals surface area contributed by atoms with Crippen molar-refractivity contribution in [3.05, 3.63) is 16.1 Å². The summed E-state index contributed by atoms with van der Waals surface area (Å²) in [7, 11) is 0. The Morgan fingerprint density at radius 2 is 2.05 bits per heavy atom. The first kappa shape index (κ1) is 14.0. The first-order valence-corrected chi connectivity index (χ1v) is 7.24. The fraction of sp³-hybridized carbons (Fsp3) is 0.615. The van der Waals surface area contributed by atoms with Gasteiger partial charge < -0.3 is 10.0 Å². The van der Waals surface area contributed by atoms with E-state index in [0.29, 0.717) is 4.88 Å². The van der Waals surface area contributed by atoms with Crippen LogP contribution < -0.4 is 0 Å². The molecule has 0 aromatic carbocycles. The zero-order chi connectivity index (χ0) is 14.2. The Hall–Kier alpha value is -1.43. The second-order valence-corrected chi connectivity index (χ2v) is 6.24. The van der Waals surface area contributed by atoms with Gasteiger partial charge in [-0.2, -0.15) is 0 Å². The highest BCUT2D eigenvalue weighted by atomic mass is 32.1. The minimum absolute atomic E-state index is 0.0724. The molecule has 1 aromatic rings. The van der Waals surface area contributed by atoms with E-state index in [0.717, 1.165) is 17.8 Å². The van der Waals surface area contributed by atoms with Crippen LogP contribution >= 0.6 is 11.3 Å². The Kier molecular flexibility index (Phi) is 3.89. The summed E-state index contributed by atoms with van der Waals surface area (Å²) in [6.07, 6.45) is 3.34. The topological polar surface area (TPSA) is 70.5 Å². The predicted molar refractivity (Wildman–Crippen MR) is 72.5 cm³/mol. The first-order valence-electron chi connectivity index (χ1n) is 6.43. The molecule has 5 nitrogen and oxygen atoms in total. The van der Waals surface area contributed by atoms with Crippen molar-refractivity contribution >= 4 is 23.2 Å². The molecular weight excluding hydrogens is 264 g/mol. The molecular formula is C13H18N2O3S. The van der Waals surface area contributed by atoms with E-state index in [-0.39, 0.29) is 17.9 Å². The maximum absolute atomic E-state index is 12.4. The Labute approximate surface area is 116 Å². The first-order chi connectivity index (χ1) is 8.91. The van der Waals surface area contributed by atoms with Crippen molar-refractivity contribution in [1.82, 2.24) is 9.88 Å². The normalized spacial score (nSPS) is 16.4. The SMILES string of the molecule is CC(C)c1ncc(C(=O)N(C2CC2)C(C)C(=O)O)s1. The maximum Gasteiger partial charge on any atom is 0.326 e. The lowest BCUT2D eigenvalue weighted by molar-refractivity contribution is -0.141. The van der Waals surface area contributed by atoms with Gasteiger partial charge in [0.2, 0.25) is 0 Å². The molecule has 1 fully saturated rings. The summed E-state index contributed by atoms with van der Waals surface area (Å²) in [5, 5.41) is 10.0. The molecule has 1 aliphatic rings. The molecule has 1 unspecified atom stereocenters. The molecule has 6 heteroatoms. The number of carboxylic acids is 1. The van der Waals surface area contributed by atoms with E-state index in [1.165, 1.54) is 16.2 Å². The van der Waals surface area contributed by atoms with Crippen LogP contribution in [0.15, 0.2) is 6.20 Å². The Morgan fingerprint density at radius 1 is 1.42 bits per heavy atom. The summed E-state index contributed by atoms with van der Waals surface area (Å²) in [4.78, 5) is 29.8. The van der Waals surface area contributed by atoms with Gasteiger partial charge >= 0.3 is 5.97 Å². The van der Waals surface area contributed by atoms with Crippen molar-refractivity contribution < 1.29 is 14.7 Å². The van der Waals surface area contributed by atoms with E-state index in [4.69, 9.17) is 5.11 Å². The van der Waals surface area contributed by atoms with E-state index < -0.39 is 12.0 Å². The van der Waals surface area contributed by atoms with Crippen molar-refractivity contribution in [2.24, 2.45) is 0 Å². The molecule has 1 atom stereocenters. The van der Waals surface area contributed by atoms with Gasteiger partial charge in [-0.25, -0.2) is 9.78 Å². The highest BCUT2D eigenvalue weighted by Crippen LogP contribution is 2.32. The van der Waals surface area contributed by atoms with E-state index >= 15 is 0 Å². The van der Waals surface area contributed by atoms with Gasteiger partial charge in [-0.15, -0.1) is 11.3 Å². The number of hydrogen-bond acceptors (Lipinski definition) is 4. The summed E-state index contributed by atoms with van der Waals surface area (Å²) < 4.78 is 0. The van der Waals surface area contributed by atoms with Gasteiger partial charge in [0.05, 0.1) is 11.2 Å². The average Bonchev–Trinajstić information content (AvgIpc) is 3.04. The van der Waals surface area contributed by atoms with Crippen molar-refractivity contribution in [3.8, 4) is 0 Å². The minimum atomic E-state index is -0.964.